The Kier molecular flexibility index (Phi) is 5.27. The molecule has 1 saturated heterocycles. The lowest BCUT2D eigenvalue weighted by atomic mass is 10.3. The molecule has 0 bridgehead atoms. The Morgan fingerprint density at radius 3 is 2.96 bits per heavy atom. The Bertz CT molecular complexity index is 698. The van der Waals surface area contributed by atoms with Gasteiger partial charge in [0, 0.05) is 38.8 Å². The summed E-state index contributed by atoms with van der Waals surface area (Å²) in [5.41, 5.74) is 0.939. The van der Waals surface area contributed by atoms with Gasteiger partial charge in [-0.25, -0.2) is 0 Å². The highest BCUT2D eigenvalue weighted by Crippen LogP contribution is 2.10. The average Bonchev–Trinajstić information content (AvgIpc) is 3.16. The molecule has 0 radical (unpaired) electrons. The van der Waals surface area contributed by atoms with Crippen molar-refractivity contribution < 1.29 is 13.7 Å². The van der Waals surface area contributed by atoms with Crippen LogP contribution >= 0.6 is 12.2 Å². The summed E-state index contributed by atoms with van der Waals surface area (Å²) in [4.78, 5) is 16.3. The number of aromatic nitrogens is 1. The fraction of sp³-hybridized carbons (Fsp3) is 0.438. The van der Waals surface area contributed by atoms with Crippen LogP contribution < -0.4 is 5.32 Å². The Labute approximate surface area is 145 Å². The number of nitrogens with one attached hydrogen (secondary N) is 1. The summed E-state index contributed by atoms with van der Waals surface area (Å²) in [6.07, 6.45) is 2.43. The molecule has 0 aliphatic carbocycles. The van der Waals surface area contributed by atoms with Crippen molar-refractivity contribution >= 4 is 23.2 Å². The van der Waals surface area contributed by atoms with Crippen molar-refractivity contribution in [2.45, 2.75) is 19.9 Å². The molecular formula is C16H20N4O3S. The van der Waals surface area contributed by atoms with Gasteiger partial charge in [-0.15, -0.1) is 0 Å². The first-order valence-corrected chi connectivity index (χ1v) is 8.31. The highest BCUT2D eigenvalue weighted by Gasteiger charge is 2.20. The predicted octanol–water partition coefficient (Wildman–Crippen LogP) is 1.80. The van der Waals surface area contributed by atoms with Crippen molar-refractivity contribution in [3.8, 4) is 0 Å². The molecule has 0 saturated carbocycles. The van der Waals surface area contributed by atoms with Crippen molar-refractivity contribution in [2.24, 2.45) is 0 Å². The molecule has 3 rings (SSSR count). The van der Waals surface area contributed by atoms with Gasteiger partial charge < -0.3 is 13.8 Å². The van der Waals surface area contributed by atoms with Crippen molar-refractivity contribution in [3.63, 3.8) is 0 Å². The third-order valence-corrected chi connectivity index (χ3v) is 4.26. The van der Waals surface area contributed by atoms with E-state index in [1.807, 2.05) is 17.9 Å². The minimum absolute atomic E-state index is 0.259. The summed E-state index contributed by atoms with van der Waals surface area (Å²) >= 11 is 5.36. The van der Waals surface area contributed by atoms with Gasteiger partial charge in [-0.05, 0) is 37.7 Å². The van der Waals surface area contributed by atoms with Crippen LogP contribution in [-0.2, 0) is 6.54 Å². The zero-order chi connectivity index (χ0) is 16.9. The molecule has 1 aliphatic rings. The quantitative estimate of drug-likeness (QED) is 0.848. The van der Waals surface area contributed by atoms with Gasteiger partial charge in [-0.1, -0.05) is 5.16 Å². The lowest BCUT2D eigenvalue weighted by molar-refractivity contribution is 0.0946. The van der Waals surface area contributed by atoms with E-state index in [-0.39, 0.29) is 11.7 Å². The Morgan fingerprint density at radius 1 is 1.38 bits per heavy atom. The minimum Gasteiger partial charge on any atom is -0.459 e. The van der Waals surface area contributed by atoms with Crippen molar-refractivity contribution in [1.82, 2.24) is 20.3 Å². The second-order valence-electron chi connectivity index (χ2n) is 5.78. The van der Waals surface area contributed by atoms with E-state index in [4.69, 9.17) is 21.2 Å². The summed E-state index contributed by atoms with van der Waals surface area (Å²) < 4.78 is 10.2. The number of aryl methyl sites for hydroxylation is 1. The SMILES string of the molecule is Cc1cc(CN2CCCN(C(=S)NC(=O)c3ccco3)CC2)no1. The molecule has 1 aliphatic heterocycles. The van der Waals surface area contributed by atoms with Gasteiger partial charge >= 0.3 is 0 Å². The van der Waals surface area contributed by atoms with Gasteiger partial charge in [0.25, 0.3) is 5.91 Å². The number of rotatable bonds is 3. The van der Waals surface area contributed by atoms with E-state index < -0.39 is 0 Å². The topological polar surface area (TPSA) is 74.8 Å². The fourth-order valence-electron chi connectivity index (χ4n) is 2.70. The summed E-state index contributed by atoms with van der Waals surface area (Å²) in [5.74, 6) is 0.766. The van der Waals surface area contributed by atoms with Crippen LogP contribution in [0.15, 0.2) is 33.4 Å². The number of hydrogen-bond acceptors (Lipinski definition) is 6. The van der Waals surface area contributed by atoms with E-state index in [2.05, 4.69) is 15.4 Å². The summed E-state index contributed by atoms with van der Waals surface area (Å²) in [7, 11) is 0. The number of furan rings is 1. The molecule has 24 heavy (non-hydrogen) atoms. The van der Waals surface area contributed by atoms with Gasteiger partial charge in [0.1, 0.15) is 5.76 Å². The summed E-state index contributed by atoms with van der Waals surface area (Å²) in [6.45, 7) is 6.02. The lowest BCUT2D eigenvalue weighted by Gasteiger charge is -2.23. The fourth-order valence-corrected chi connectivity index (χ4v) is 2.97. The van der Waals surface area contributed by atoms with Crippen LogP contribution in [0.5, 0.6) is 0 Å². The van der Waals surface area contributed by atoms with E-state index in [1.54, 1.807) is 12.1 Å². The maximum atomic E-state index is 12.0. The van der Waals surface area contributed by atoms with Gasteiger partial charge in [0.05, 0.1) is 12.0 Å². The second-order valence-corrected chi connectivity index (χ2v) is 6.17. The van der Waals surface area contributed by atoms with E-state index in [0.717, 1.165) is 50.6 Å². The molecule has 0 atom stereocenters. The third kappa shape index (κ3) is 4.21. The Hall–Kier alpha value is -2.19. The molecule has 0 aromatic carbocycles. The molecule has 1 fully saturated rings. The molecular weight excluding hydrogens is 328 g/mol. The predicted molar refractivity (Wildman–Crippen MR) is 91.5 cm³/mol. The van der Waals surface area contributed by atoms with Crippen LogP contribution in [0.4, 0.5) is 0 Å². The molecule has 1 N–H and O–H groups in total. The molecule has 8 heteroatoms. The van der Waals surface area contributed by atoms with Crippen LogP contribution in [0.2, 0.25) is 0 Å². The second kappa shape index (κ2) is 7.59. The number of carbonyl (C=O) groups is 1. The molecule has 3 heterocycles. The monoisotopic (exact) mass is 348 g/mol. The zero-order valence-electron chi connectivity index (χ0n) is 13.5. The van der Waals surface area contributed by atoms with Crippen LogP contribution in [0.1, 0.15) is 28.4 Å². The molecule has 2 aromatic heterocycles. The number of hydrogen-bond donors (Lipinski definition) is 1. The van der Waals surface area contributed by atoms with Crippen LogP contribution in [0.25, 0.3) is 0 Å². The zero-order valence-corrected chi connectivity index (χ0v) is 14.3. The first-order valence-electron chi connectivity index (χ1n) is 7.90. The maximum absolute atomic E-state index is 12.0. The van der Waals surface area contributed by atoms with Crippen molar-refractivity contribution in [1.29, 1.82) is 0 Å². The average molecular weight is 348 g/mol. The molecule has 128 valence electrons. The van der Waals surface area contributed by atoms with E-state index in [9.17, 15) is 4.79 Å². The summed E-state index contributed by atoms with van der Waals surface area (Å²) in [5, 5.41) is 7.21. The minimum atomic E-state index is -0.316. The first kappa shape index (κ1) is 16.7. The largest absolute Gasteiger partial charge is 0.459 e. The Morgan fingerprint density at radius 2 is 2.25 bits per heavy atom. The summed E-state index contributed by atoms with van der Waals surface area (Å²) in [6, 6.07) is 5.24. The molecule has 1 amide bonds. The van der Waals surface area contributed by atoms with E-state index in [1.165, 1.54) is 6.26 Å². The number of nitrogens with zero attached hydrogens (tertiary/aromatic N) is 3. The van der Waals surface area contributed by atoms with Crippen molar-refractivity contribution in [3.05, 3.63) is 41.7 Å². The van der Waals surface area contributed by atoms with Gasteiger partial charge in [0.15, 0.2) is 10.9 Å². The van der Waals surface area contributed by atoms with Gasteiger partial charge in [0.2, 0.25) is 0 Å². The molecule has 0 spiro atoms. The van der Waals surface area contributed by atoms with Gasteiger partial charge in [-0.3, -0.25) is 15.0 Å². The third-order valence-electron chi connectivity index (χ3n) is 3.90. The maximum Gasteiger partial charge on any atom is 0.293 e. The van der Waals surface area contributed by atoms with Crippen LogP contribution in [-0.4, -0.2) is 52.2 Å². The lowest BCUT2D eigenvalue weighted by Crippen LogP contribution is -2.44. The van der Waals surface area contributed by atoms with Gasteiger partial charge in [-0.2, -0.15) is 0 Å². The molecule has 0 unspecified atom stereocenters. The smallest absolute Gasteiger partial charge is 0.293 e. The van der Waals surface area contributed by atoms with Crippen LogP contribution in [0.3, 0.4) is 0 Å². The van der Waals surface area contributed by atoms with Crippen molar-refractivity contribution in [2.75, 3.05) is 26.2 Å². The number of amides is 1. The standard InChI is InChI=1S/C16H20N4O3S/c1-12-10-13(18-23-12)11-19-5-3-6-20(8-7-19)16(24)17-15(21)14-4-2-9-22-14/h2,4,9-10H,3,5-8,11H2,1H3,(H,17,21,24). The molecule has 7 nitrogen and oxygen atoms in total. The molecule has 2 aromatic rings. The first-order chi connectivity index (χ1) is 11.6. The number of thiocarbonyl (C=S) groups is 1. The van der Waals surface area contributed by atoms with Crippen LogP contribution in [0, 0.1) is 6.92 Å². The number of carbonyl (C=O) groups excluding carboxylic acids is 1. The van der Waals surface area contributed by atoms with E-state index >= 15 is 0 Å². The normalized spacial score (nSPS) is 16.0. The highest BCUT2D eigenvalue weighted by atomic mass is 32.1. The Balaban J connectivity index is 1.51. The highest BCUT2D eigenvalue weighted by molar-refractivity contribution is 7.80. The van der Waals surface area contributed by atoms with E-state index in [0.29, 0.717) is 5.11 Å².